The predicted octanol–water partition coefficient (Wildman–Crippen LogP) is 3.41. The summed E-state index contributed by atoms with van der Waals surface area (Å²) in [5.74, 6) is 0.770. The number of amides is 1. The third kappa shape index (κ3) is 3.48. The molecule has 2 aromatic rings. The van der Waals surface area contributed by atoms with Crippen molar-refractivity contribution in [2.75, 3.05) is 6.79 Å². The third-order valence-electron chi connectivity index (χ3n) is 3.06. The molecule has 1 amide bonds. The van der Waals surface area contributed by atoms with E-state index in [-0.39, 0.29) is 12.5 Å². The smallest absolute Gasteiger partial charge is 0.271 e. The number of carbonyl (C=O) groups excluding carboxylic acids is 1. The molecule has 1 aliphatic heterocycles. The lowest BCUT2D eigenvalue weighted by Gasteiger charge is -2.04. The standard InChI is InChI=1S/C15H10Br2N2O4/c16-10-3-9(14(20)11(17)5-10)6-18-19-15(21)8-1-2-12-13(4-8)23-7-22-12/h1-6,20H,7H2,(H,19,21)/b18-6+. The topological polar surface area (TPSA) is 80.2 Å². The Morgan fingerprint density at radius 1 is 1.22 bits per heavy atom. The zero-order chi connectivity index (χ0) is 16.4. The molecule has 0 unspecified atom stereocenters. The average molecular weight is 442 g/mol. The third-order valence-corrected chi connectivity index (χ3v) is 4.12. The second-order valence-corrected chi connectivity index (χ2v) is 6.36. The Labute approximate surface area is 148 Å². The molecule has 0 saturated carbocycles. The van der Waals surface area contributed by atoms with Gasteiger partial charge in [0.1, 0.15) is 5.75 Å². The molecule has 23 heavy (non-hydrogen) atoms. The van der Waals surface area contributed by atoms with E-state index < -0.39 is 5.91 Å². The van der Waals surface area contributed by atoms with Crippen LogP contribution in [0.25, 0.3) is 0 Å². The number of hydrogen-bond donors (Lipinski definition) is 2. The summed E-state index contributed by atoms with van der Waals surface area (Å²) in [5.41, 5.74) is 3.25. The summed E-state index contributed by atoms with van der Waals surface area (Å²) >= 11 is 6.55. The molecule has 0 aromatic heterocycles. The van der Waals surface area contributed by atoms with E-state index in [1.54, 1.807) is 30.3 Å². The summed E-state index contributed by atoms with van der Waals surface area (Å²) in [4.78, 5) is 12.1. The van der Waals surface area contributed by atoms with Crippen LogP contribution in [0, 0.1) is 0 Å². The van der Waals surface area contributed by atoms with Crippen LogP contribution in [-0.2, 0) is 0 Å². The van der Waals surface area contributed by atoms with E-state index in [0.717, 1.165) is 4.47 Å². The first kappa shape index (κ1) is 15.8. The maximum absolute atomic E-state index is 12.1. The zero-order valence-corrected chi connectivity index (χ0v) is 14.7. The molecule has 0 saturated heterocycles. The number of hydrazone groups is 1. The Morgan fingerprint density at radius 3 is 2.83 bits per heavy atom. The number of hydrogen-bond acceptors (Lipinski definition) is 5. The molecule has 0 fully saturated rings. The van der Waals surface area contributed by atoms with Gasteiger partial charge in [0.25, 0.3) is 5.91 Å². The number of ether oxygens (including phenoxy) is 2. The van der Waals surface area contributed by atoms with Gasteiger partial charge in [-0.3, -0.25) is 4.79 Å². The van der Waals surface area contributed by atoms with Crippen molar-refractivity contribution in [2.45, 2.75) is 0 Å². The highest BCUT2D eigenvalue weighted by Crippen LogP contribution is 2.32. The SMILES string of the molecule is O=C(N/N=C/c1cc(Br)cc(Br)c1O)c1ccc2c(c1)OCO2. The van der Waals surface area contributed by atoms with Gasteiger partial charge in [-0.1, -0.05) is 15.9 Å². The molecule has 2 aromatic carbocycles. The molecule has 1 heterocycles. The Morgan fingerprint density at radius 2 is 2.00 bits per heavy atom. The van der Waals surface area contributed by atoms with Crippen LogP contribution in [0.4, 0.5) is 0 Å². The number of carbonyl (C=O) groups is 1. The van der Waals surface area contributed by atoms with Crippen molar-refractivity contribution in [3.8, 4) is 17.2 Å². The Balaban J connectivity index is 1.72. The number of benzene rings is 2. The lowest BCUT2D eigenvalue weighted by molar-refractivity contribution is 0.0954. The maximum Gasteiger partial charge on any atom is 0.271 e. The van der Waals surface area contributed by atoms with Gasteiger partial charge in [0, 0.05) is 15.6 Å². The Hall–Kier alpha value is -2.06. The van der Waals surface area contributed by atoms with Gasteiger partial charge in [0.05, 0.1) is 10.7 Å². The zero-order valence-electron chi connectivity index (χ0n) is 11.5. The van der Waals surface area contributed by atoms with Gasteiger partial charge in [-0.15, -0.1) is 0 Å². The number of nitrogens with zero attached hydrogens (tertiary/aromatic N) is 1. The molecule has 3 rings (SSSR count). The van der Waals surface area contributed by atoms with Gasteiger partial charge in [0.2, 0.25) is 6.79 Å². The Bertz CT molecular complexity index is 808. The van der Waals surface area contributed by atoms with Crippen molar-refractivity contribution >= 4 is 44.0 Å². The molecule has 0 aliphatic carbocycles. The van der Waals surface area contributed by atoms with E-state index >= 15 is 0 Å². The van der Waals surface area contributed by atoms with E-state index in [9.17, 15) is 9.90 Å². The molecule has 0 spiro atoms. The first-order valence-electron chi connectivity index (χ1n) is 6.45. The van der Waals surface area contributed by atoms with Gasteiger partial charge < -0.3 is 14.6 Å². The summed E-state index contributed by atoms with van der Waals surface area (Å²) in [5, 5.41) is 13.8. The van der Waals surface area contributed by atoms with Gasteiger partial charge in [-0.25, -0.2) is 5.43 Å². The van der Waals surface area contributed by atoms with Crippen molar-refractivity contribution in [1.82, 2.24) is 5.43 Å². The van der Waals surface area contributed by atoms with E-state index in [4.69, 9.17) is 9.47 Å². The highest BCUT2D eigenvalue weighted by atomic mass is 79.9. The molecule has 0 atom stereocenters. The van der Waals surface area contributed by atoms with Crippen molar-refractivity contribution in [3.63, 3.8) is 0 Å². The fraction of sp³-hybridized carbons (Fsp3) is 0.0667. The summed E-state index contributed by atoms with van der Waals surface area (Å²) in [6.45, 7) is 0.148. The Kier molecular flexibility index (Phi) is 4.53. The molecule has 8 heteroatoms. The molecule has 118 valence electrons. The number of fused-ring (bicyclic) bond motifs is 1. The van der Waals surface area contributed by atoms with Crippen LogP contribution in [-0.4, -0.2) is 24.0 Å². The van der Waals surface area contributed by atoms with Crippen LogP contribution in [0.1, 0.15) is 15.9 Å². The normalized spacial score (nSPS) is 12.6. The van der Waals surface area contributed by atoms with Crippen molar-refractivity contribution in [2.24, 2.45) is 5.10 Å². The van der Waals surface area contributed by atoms with Gasteiger partial charge in [-0.2, -0.15) is 5.10 Å². The van der Waals surface area contributed by atoms with Gasteiger partial charge in [-0.05, 0) is 46.3 Å². The highest BCUT2D eigenvalue weighted by Gasteiger charge is 2.15. The van der Waals surface area contributed by atoms with Crippen molar-refractivity contribution in [1.29, 1.82) is 0 Å². The number of rotatable bonds is 3. The van der Waals surface area contributed by atoms with Crippen LogP contribution in [0.2, 0.25) is 0 Å². The molecule has 6 nitrogen and oxygen atoms in total. The minimum atomic E-state index is -0.395. The lowest BCUT2D eigenvalue weighted by Crippen LogP contribution is -2.17. The minimum absolute atomic E-state index is 0.0364. The first-order valence-corrected chi connectivity index (χ1v) is 8.04. The fourth-order valence-electron chi connectivity index (χ4n) is 1.95. The first-order chi connectivity index (χ1) is 11.0. The quantitative estimate of drug-likeness (QED) is 0.565. The predicted molar refractivity (Wildman–Crippen MR) is 91.1 cm³/mol. The highest BCUT2D eigenvalue weighted by molar-refractivity contribution is 9.11. The van der Waals surface area contributed by atoms with E-state index in [1.165, 1.54) is 6.21 Å². The average Bonchev–Trinajstić information content (AvgIpc) is 2.99. The summed E-state index contributed by atoms with van der Waals surface area (Å²) < 4.78 is 11.7. The van der Waals surface area contributed by atoms with Crippen LogP contribution in [0.3, 0.4) is 0 Å². The summed E-state index contributed by atoms with van der Waals surface area (Å²) in [6.07, 6.45) is 1.36. The van der Waals surface area contributed by atoms with E-state index in [1.807, 2.05) is 0 Å². The van der Waals surface area contributed by atoms with Gasteiger partial charge >= 0.3 is 0 Å². The summed E-state index contributed by atoms with van der Waals surface area (Å²) in [7, 11) is 0. The van der Waals surface area contributed by atoms with E-state index in [2.05, 4.69) is 42.4 Å². The number of phenolic OH excluding ortho intramolecular Hbond substituents is 1. The van der Waals surface area contributed by atoms with Crippen LogP contribution in [0.15, 0.2) is 44.4 Å². The molecule has 0 bridgehead atoms. The number of halogens is 2. The summed E-state index contributed by atoms with van der Waals surface area (Å²) in [6, 6.07) is 8.25. The number of aromatic hydroxyl groups is 1. The second kappa shape index (κ2) is 6.59. The molecular formula is C15H10Br2N2O4. The van der Waals surface area contributed by atoms with Crippen LogP contribution >= 0.6 is 31.9 Å². The van der Waals surface area contributed by atoms with Crippen molar-refractivity contribution < 1.29 is 19.4 Å². The second-order valence-electron chi connectivity index (χ2n) is 4.59. The lowest BCUT2D eigenvalue weighted by atomic mass is 10.2. The number of phenols is 1. The molecular weight excluding hydrogens is 432 g/mol. The largest absolute Gasteiger partial charge is 0.506 e. The van der Waals surface area contributed by atoms with E-state index in [0.29, 0.717) is 27.1 Å². The number of nitrogens with one attached hydrogen (secondary N) is 1. The maximum atomic E-state index is 12.1. The molecule has 1 aliphatic rings. The molecule has 2 N–H and O–H groups in total. The van der Waals surface area contributed by atoms with Crippen LogP contribution in [0.5, 0.6) is 17.2 Å². The minimum Gasteiger partial charge on any atom is -0.506 e. The van der Waals surface area contributed by atoms with Crippen molar-refractivity contribution in [3.05, 3.63) is 50.4 Å². The monoisotopic (exact) mass is 440 g/mol. The van der Waals surface area contributed by atoms with Gasteiger partial charge in [0.15, 0.2) is 11.5 Å². The van der Waals surface area contributed by atoms with Crippen LogP contribution < -0.4 is 14.9 Å². The molecule has 0 radical (unpaired) electrons. The fourth-order valence-corrected chi connectivity index (χ4v) is 3.21.